The summed E-state index contributed by atoms with van der Waals surface area (Å²) in [6.45, 7) is 3.96. The highest BCUT2D eigenvalue weighted by Gasteiger charge is 2.14. The minimum absolute atomic E-state index is 0.0668. The predicted octanol–water partition coefficient (Wildman–Crippen LogP) is 3.94. The number of hydrogen-bond donors (Lipinski definition) is 2. The van der Waals surface area contributed by atoms with Crippen molar-refractivity contribution in [3.63, 3.8) is 0 Å². The maximum atomic E-state index is 13.1. The molecule has 0 aliphatic rings. The molecule has 0 spiro atoms. The zero-order valence-corrected chi connectivity index (χ0v) is 13.4. The van der Waals surface area contributed by atoms with Crippen LogP contribution in [-0.2, 0) is 11.3 Å². The SMILES string of the molecule is CC(C)C(=O)Nc1ccc(CNc2ccc(F)cc2[N+](=O)[O-])cc1. The van der Waals surface area contributed by atoms with E-state index in [2.05, 4.69) is 10.6 Å². The van der Waals surface area contributed by atoms with Crippen LogP contribution in [0.2, 0.25) is 0 Å². The molecule has 0 bridgehead atoms. The molecule has 0 heterocycles. The number of carbonyl (C=O) groups excluding carboxylic acids is 1. The van der Waals surface area contributed by atoms with Crippen molar-refractivity contribution in [3.05, 3.63) is 64.0 Å². The van der Waals surface area contributed by atoms with Crippen LogP contribution in [0.3, 0.4) is 0 Å². The molecule has 6 nitrogen and oxygen atoms in total. The van der Waals surface area contributed by atoms with Gasteiger partial charge in [0.05, 0.1) is 11.0 Å². The van der Waals surface area contributed by atoms with Gasteiger partial charge in [-0.1, -0.05) is 26.0 Å². The van der Waals surface area contributed by atoms with Gasteiger partial charge in [0.25, 0.3) is 5.69 Å². The van der Waals surface area contributed by atoms with E-state index >= 15 is 0 Å². The Hall–Kier alpha value is -2.96. The fourth-order valence-electron chi connectivity index (χ4n) is 2.00. The molecule has 0 saturated carbocycles. The van der Waals surface area contributed by atoms with Crippen molar-refractivity contribution in [1.82, 2.24) is 0 Å². The number of rotatable bonds is 6. The highest BCUT2D eigenvalue weighted by molar-refractivity contribution is 5.92. The summed E-state index contributed by atoms with van der Waals surface area (Å²) >= 11 is 0. The van der Waals surface area contributed by atoms with Gasteiger partial charge in [-0.25, -0.2) is 4.39 Å². The van der Waals surface area contributed by atoms with Crippen LogP contribution in [0.1, 0.15) is 19.4 Å². The molecule has 0 saturated heterocycles. The van der Waals surface area contributed by atoms with Gasteiger partial charge in [0, 0.05) is 18.2 Å². The van der Waals surface area contributed by atoms with Crippen LogP contribution in [0.25, 0.3) is 0 Å². The maximum Gasteiger partial charge on any atom is 0.295 e. The van der Waals surface area contributed by atoms with Crippen LogP contribution < -0.4 is 10.6 Å². The van der Waals surface area contributed by atoms with E-state index in [4.69, 9.17) is 0 Å². The first-order valence-corrected chi connectivity index (χ1v) is 7.44. The van der Waals surface area contributed by atoms with E-state index in [9.17, 15) is 19.3 Å². The van der Waals surface area contributed by atoms with Gasteiger partial charge < -0.3 is 10.6 Å². The first-order valence-electron chi connectivity index (χ1n) is 7.44. The van der Waals surface area contributed by atoms with Gasteiger partial charge in [-0.15, -0.1) is 0 Å². The fraction of sp³-hybridized carbons (Fsp3) is 0.235. The molecule has 2 aromatic rings. The summed E-state index contributed by atoms with van der Waals surface area (Å²) in [6, 6.07) is 10.5. The molecular formula is C17H18FN3O3. The molecular weight excluding hydrogens is 313 g/mol. The van der Waals surface area contributed by atoms with Crippen LogP contribution in [0.5, 0.6) is 0 Å². The quantitative estimate of drug-likeness (QED) is 0.620. The Morgan fingerprint density at radius 1 is 1.21 bits per heavy atom. The van der Waals surface area contributed by atoms with E-state index in [0.29, 0.717) is 12.2 Å². The Labute approximate surface area is 138 Å². The van der Waals surface area contributed by atoms with E-state index in [1.54, 1.807) is 24.3 Å². The van der Waals surface area contributed by atoms with Gasteiger partial charge in [-0.05, 0) is 29.8 Å². The third-order valence-electron chi connectivity index (χ3n) is 3.39. The topological polar surface area (TPSA) is 84.3 Å². The molecule has 1 amide bonds. The number of amides is 1. The summed E-state index contributed by atoms with van der Waals surface area (Å²) in [7, 11) is 0. The normalized spacial score (nSPS) is 10.5. The number of nitrogens with zero attached hydrogens (tertiary/aromatic N) is 1. The van der Waals surface area contributed by atoms with Crippen LogP contribution in [0.15, 0.2) is 42.5 Å². The molecule has 0 fully saturated rings. The Morgan fingerprint density at radius 3 is 2.46 bits per heavy atom. The first kappa shape index (κ1) is 17.4. The van der Waals surface area contributed by atoms with E-state index < -0.39 is 10.7 Å². The minimum atomic E-state index is -0.655. The molecule has 2 rings (SSSR count). The summed E-state index contributed by atoms with van der Waals surface area (Å²) in [4.78, 5) is 21.9. The van der Waals surface area contributed by atoms with Crippen LogP contribution in [0.4, 0.5) is 21.5 Å². The van der Waals surface area contributed by atoms with E-state index in [1.807, 2.05) is 13.8 Å². The second-order valence-corrected chi connectivity index (χ2v) is 5.61. The van der Waals surface area contributed by atoms with Gasteiger partial charge in [-0.3, -0.25) is 14.9 Å². The Morgan fingerprint density at radius 2 is 1.88 bits per heavy atom. The van der Waals surface area contributed by atoms with Gasteiger partial charge in [0.2, 0.25) is 5.91 Å². The van der Waals surface area contributed by atoms with Gasteiger partial charge in [-0.2, -0.15) is 0 Å². The Bertz CT molecular complexity index is 745. The number of halogens is 1. The van der Waals surface area contributed by atoms with Crippen molar-refractivity contribution in [2.45, 2.75) is 20.4 Å². The average Bonchev–Trinajstić information content (AvgIpc) is 2.54. The molecule has 0 radical (unpaired) electrons. The smallest absolute Gasteiger partial charge is 0.295 e. The molecule has 0 aliphatic carbocycles. The fourth-order valence-corrected chi connectivity index (χ4v) is 2.00. The summed E-state index contributed by atoms with van der Waals surface area (Å²) in [5.74, 6) is -0.828. The summed E-state index contributed by atoms with van der Waals surface area (Å²) in [6.07, 6.45) is 0. The molecule has 126 valence electrons. The largest absolute Gasteiger partial charge is 0.375 e. The highest BCUT2D eigenvalue weighted by atomic mass is 19.1. The lowest BCUT2D eigenvalue weighted by Gasteiger charge is -2.10. The standard InChI is InChI=1S/C17H18FN3O3/c1-11(2)17(22)20-14-6-3-12(4-7-14)10-19-15-8-5-13(18)9-16(15)21(23)24/h3-9,11,19H,10H2,1-2H3,(H,20,22). The number of carbonyl (C=O) groups is 1. The minimum Gasteiger partial charge on any atom is -0.375 e. The molecule has 2 aromatic carbocycles. The lowest BCUT2D eigenvalue weighted by Crippen LogP contribution is -2.17. The summed E-state index contributed by atoms with van der Waals surface area (Å²) < 4.78 is 13.1. The van der Waals surface area contributed by atoms with Crippen molar-refractivity contribution in [3.8, 4) is 0 Å². The molecule has 7 heteroatoms. The van der Waals surface area contributed by atoms with Crippen LogP contribution in [-0.4, -0.2) is 10.8 Å². The van der Waals surface area contributed by atoms with E-state index in [-0.39, 0.29) is 23.2 Å². The third kappa shape index (κ3) is 4.52. The summed E-state index contributed by atoms with van der Waals surface area (Å²) in [5, 5.41) is 16.6. The van der Waals surface area contributed by atoms with Crippen molar-refractivity contribution < 1.29 is 14.1 Å². The molecule has 0 aromatic heterocycles. The second-order valence-electron chi connectivity index (χ2n) is 5.61. The monoisotopic (exact) mass is 331 g/mol. The third-order valence-corrected chi connectivity index (χ3v) is 3.39. The lowest BCUT2D eigenvalue weighted by atomic mass is 10.1. The molecule has 2 N–H and O–H groups in total. The zero-order chi connectivity index (χ0) is 17.7. The van der Waals surface area contributed by atoms with E-state index in [0.717, 1.165) is 11.6 Å². The summed E-state index contributed by atoms with van der Waals surface area (Å²) in [5.41, 5.74) is 1.50. The first-order chi connectivity index (χ1) is 11.4. The van der Waals surface area contributed by atoms with E-state index in [1.165, 1.54) is 12.1 Å². The number of hydrogen-bond acceptors (Lipinski definition) is 4. The van der Waals surface area contributed by atoms with Gasteiger partial charge in [0.15, 0.2) is 0 Å². The number of nitro benzene ring substituents is 1. The molecule has 24 heavy (non-hydrogen) atoms. The van der Waals surface area contributed by atoms with Gasteiger partial charge >= 0.3 is 0 Å². The van der Waals surface area contributed by atoms with Crippen molar-refractivity contribution in [2.75, 3.05) is 10.6 Å². The second kappa shape index (κ2) is 7.54. The number of benzene rings is 2. The molecule has 0 unspecified atom stereocenters. The predicted molar refractivity (Wildman–Crippen MR) is 90.3 cm³/mol. The number of anilines is 2. The van der Waals surface area contributed by atoms with Crippen molar-refractivity contribution in [2.24, 2.45) is 5.92 Å². The lowest BCUT2D eigenvalue weighted by molar-refractivity contribution is -0.384. The van der Waals surface area contributed by atoms with Crippen LogP contribution >= 0.6 is 0 Å². The zero-order valence-electron chi connectivity index (χ0n) is 13.4. The van der Waals surface area contributed by atoms with Crippen LogP contribution in [0, 0.1) is 21.8 Å². The molecule has 0 atom stereocenters. The number of nitro groups is 1. The highest BCUT2D eigenvalue weighted by Crippen LogP contribution is 2.25. The van der Waals surface area contributed by atoms with Gasteiger partial charge in [0.1, 0.15) is 11.5 Å². The number of nitrogens with one attached hydrogen (secondary N) is 2. The Balaban J connectivity index is 2.03. The van der Waals surface area contributed by atoms with Crippen molar-refractivity contribution in [1.29, 1.82) is 0 Å². The molecule has 0 aliphatic heterocycles. The maximum absolute atomic E-state index is 13.1. The van der Waals surface area contributed by atoms with Crippen molar-refractivity contribution >= 4 is 23.0 Å². The Kier molecular flexibility index (Phi) is 5.47. The average molecular weight is 331 g/mol.